The molecule has 0 spiro atoms. The van der Waals surface area contributed by atoms with Gasteiger partial charge in [-0.2, -0.15) is 0 Å². The molecule has 3 aromatic heterocycles. The number of carbonyl (C=O) groups excluding carboxylic acids is 1. The predicted molar refractivity (Wildman–Crippen MR) is 93.6 cm³/mol. The van der Waals surface area contributed by atoms with Crippen molar-refractivity contribution in [3.63, 3.8) is 0 Å². The summed E-state index contributed by atoms with van der Waals surface area (Å²) in [5.74, 6) is -0.677. The van der Waals surface area contributed by atoms with Crippen molar-refractivity contribution in [1.29, 1.82) is 0 Å². The van der Waals surface area contributed by atoms with Crippen LogP contribution in [0.4, 0.5) is 5.69 Å². The number of amides is 1. The van der Waals surface area contributed by atoms with Gasteiger partial charge in [0.25, 0.3) is 11.1 Å². The molecule has 0 aliphatic rings. The zero-order valence-electron chi connectivity index (χ0n) is 13.2. The fourth-order valence-electron chi connectivity index (χ4n) is 2.42. The van der Waals surface area contributed by atoms with E-state index in [-0.39, 0.29) is 16.9 Å². The number of halogens is 1. The maximum absolute atomic E-state index is 12.5. The lowest BCUT2D eigenvalue weighted by atomic mass is 10.4. The molecule has 0 aliphatic carbocycles. The molecular formula is C14H13BrN6O4. The molecule has 2 N–H and O–H groups in total. The van der Waals surface area contributed by atoms with Crippen molar-refractivity contribution in [2.24, 2.45) is 14.1 Å². The number of aromatic nitrogens is 5. The number of aromatic amines is 1. The Hall–Kier alpha value is -2.95. The van der Waals surface area contributed by atoms with Gasteiger partial charge in [-0.1, -0.05) is 0 Å². The van der Waals surface area contributed by atoms with Crippen LogP contribution in [0.5, 0.6) is 0 Å². The van der Waals surface area contributed by atoms with Crippen molar-refractivity contribution in [2.45, 2.75) is 6.54 Å². The minimum Gasteiger partial charge on any atom is -0.328 e. The molecule has 0 aromatic carbocycles. The Balaban J connectivity index is 2.01. The summed E-state index contributed by atoms with van der Waals surface area (Å²) in [5, 5.41) is 2.39. The number of carbonyl (C=O) groups is 1. The van der Waals surface area contributed by atoms with Gasteiger partial charge in [0.1, 0.15) is 12.2 Å². The zero-order chi connectivity index (χ0) is 18.3. The lowest BCUT2D eigenvalue weighted by molar-refractivity contribution is -0.116. The maximum atomic E-state index is 12.5. The topological polar surface area (TPSA) is 124 Å². The van der Waals surface area contributed by atoms with Crippen LogP contribution in [0.1, 0.15) is 0 Å². The van der Waals surface area contributed by atoms with Crippen LogP contribution in [-0.2, 0) is 25.4 Å². The van der Waals surface area contributed by atoms with Crippen LogP contribution in [0.2, 0.25) is 0 Å². The lowest BCUT2D eigenvalue weighted by Gasteiger charge is -2.09. The van der Waals surface area contributed by atoms with E-state index >= 15 is 0 Å². The Kier molecular flexibility index (Phi) is 4.17. The number of rotatable bonds is 3. The van der Waals surface area contributed by atoms with Crippen LogP contribution in [0, 0.1) is 0 Å². The van der Waals surface area contributed by atoms with Gasteiger partial charge in [-0.3, -0.25) is 19.0 Å². The summed E-state index contributed by atoms with van der Waals surface area (Å²) in [6, 6.07) is 1.42. The minimum absolute atomic E-state index is 0.00543. The van der Waals surface area contributed by atoms with Crippen LogP contribution in [0.3, 0.4) is 0 Å². The first-order valence-corrected chi connectivity index (χ1v) is 7.88. The third-order valence-electron chi connectivity index (χ3n) is 3.64. The van der Waals surface area contributed by atoms with Crippen molar-refractivity contribution >= 4 is 38.7 Å². The summed E-state index contributed by atoms with van der Waals surface area (Å²) in [6.45, 7) is -0.529. The van der Waals surface area contributed by atoms with E-state index in [1.54, 1.807) is 7.05 Å². The standard InChI is InChI=1S/C14H13BrN6O4/c1-19-6-17-11-10(19)13(24)21(14(25)20(11)2)5-9(22)18-8-3-7(15)4-16-12(8)23/h3-4,6H,5H2,1-2H3,(H,16,23)(H,18,22). The number of anilines is 1. The highest BCUT2D eigenvalue weighted by molar-refractivity contribution is 9.10. The monoisotopic (exact) mass is 408 g/mol. The van der Waals surface area contributed by atoms with Crippen LogP contribution in [0.15, 0.2) is 37.4 Å². The SMILES string of the molecule is Cn1cnc2c1c(=O)n(CC(=O)Nc1cc(Br)c[nH]c1=O)c(=O)n2C. The molecule has 1 amide bonds. The van der Waals surface area contributed by atoms with Gasteiger partial charge in [-0.15, -0.1) is 0 Å². The summed E-state index contributed by atoms with van der Waals surface area (Å²) in [5.41, 5.74) is -1.36. The van der Waals surface area contributed by atoms with Crippen molar-refractivity contribution < 1.29 is 4.79 Å². The third-order valence-corrected chi connectivity index (χ3v) is 4.10. The second-order valence-corrected chi connectivity index (χ2v) is 6.29. The second kappa shape index (κ2) is 6.16. The first-order valence-electron chi connectivity index (χ1n) is 7.08. The molecule has 3 aromatic rings. The average molecular weight is 409 g/mol. The molecule has 0 saturated carbocycles. The van der Waals surface area contributed by atoms with Gasteiger partial charge in [0, 0.05) is 24.8 Å². The van der Waals surface area contributed by atoms with Crippen LogP contribution < -0.4 is 22.1 Å². The van der Waals surface area contributed by atoms with E-state index in [2.05, 4.69) is 31.2 Å². The quantitative estimate of drug-likeness (QED) is 0.605. The first-order chi connectivity index (χ1) is 11.8. The number of nitrogens with zero attached hydrogens (tertiary/aromatic N) is 4. The number of pyridine rings is 1. The van der Waals surface area contributed by atoms with Crippen molar-refractivity contribution in [2.75, 3.05) is 5.32 Å². The van der Waals surface area contributed by atoms with Crippen LogP contribution >= 0.6 is 15.9 Å². The van der Waals surface area contributed by atoms with Crippen LogP contribution in [0.25, 0.3) is 11.2 Å². The van der Waals surface area contributed by atoms with E-state index in [1.807, 2.05) is 0 Å². The lowest BCUT2D eigenvalue weighted by Crippen LogP contribution is -2.42. The summed E-state index contributed by atoms with van der Waals surface area (Å²) < 4.78 is 4.03. The van der Waals surface area contributed by atoms with Crippen LogP contribution in [-0.4, -0.2) is 29.6 Å². The number of hydrogen-bond acceptors (Lipinski definition) is 5. The highest BCUT2D eigenvalue weighted by Gasteiger charge is 2.17. The maximum Gasteiger partial charge on any atom is 0.332 e. The summed E-state index contributed by atoms with van der Waals surface area (Å²) in [7, 11) is 3.08. The molecule has 0 fully saturated rings. The largest absolute Gasteiger partial charge is 0.332 e. The van der Waals surface area contributed by atoms with Crippen molar-refractivity contribution in [3.05, 3.63) is 54.3 Å². The Morgan fingerprint density at radius 1 is 1.32 bits per heavy atom. The number of fused-ring (bicyclic) bond motifs is 1. The molecule has 0 aliphatic heterocycles. The molecule has 130 valence electrons. The zero-order valence-corrected chi connectivity index (χ0v) is 14.8. The molecule has 0 saturated heterocycles. The third kappa shape index (κ3) is 2.93. The summed E-state index contributed by atoms with van der Waals surface area (Å²) in [4.78, 5) is 55.2. The highest BCUT2D eigenvalue weighted by Crippen LogP contribution is 2.10. The van der Waals surface area contributed by atoms with E-state index in [0.29, 0.717) is 4.47 Å². The van der Waals surface area contributed by atoms with Gasteiger partial charge < -0.3 is 14.9 Å². The van der Waals surface area contributed by atoms with Gasteiger partial charge in [-0.05, 0) is 22.0 Å². The number of nitrogens with one attached hydrogen (secondary N) is 2. The smallest absolute Gasteiger partial charge is 0.328 e. The molecule has 0 bridgehead atoms. The van der Waals surface area contributed by atoms with E-state index in [9.17, 15) is 19.2 Å². The van der Waals surface area contributed by atoms with Crippen molar-refractivity contribution in [3.8, 4) is 0 Å². The number of H-pyrrole nitrogens is 1. The molecule has 25 heavy (non-hydrogen) atoms. The predicted octanol–water partition coefficient (Wildman–Crippen LogP) is -0.477. The average Bonchev–Trinajstić information content (AvgIpc) is 2.95. The highest BCUT2D eigenvalue weighted by atomic mass is 79.9. The Morgan fingerprint density at radius 2 is 2.04 bits per heavy atom. The number of aryl methyl sites for hydroxylation is 2. The normalized spacial score (nSPS) is 11.0. The van der Waals surface area contributed by atoms with E-state index in [0.717, 1.165) is 4.57 Å². The minimum atomic E-state index is -0.677. The Bertz CT molecular complexity index is 1170. The fraction of sp³-hybridized carbons (Fsp3) is 0.214. The molecule has 11 heteroatoms. The molecule has 0 atom stereocenters. The fourth-order valence-corrected chi connectivity index (χ4v) is 2.76. The molecule has 10 nitrogen and oxygen atoms in total. The van der Waals surface area contributed by atoms with Crippen molar-refractivity contribution in [1.82, 2.24) is 23.7 Å². The Morgan fingerprint density at radius 3 is 2.76 bits per heavy atom. The molecule has 3 rings (SSSR count). The van der Waals surface area contributed by atoms with Gasteiger partial charge >= 0.3 is 5.69 Å². The van der Waals surface area contributed by atoms with E-state index in [4.69, 9.17) is 0 Å². The number of hydrogen-bond donors (Lipinski definition) is 2. The molecule has 0 radical (unpaired) electrons. The first kappa shape index (κ1) is 16.9. The van der Waals surface area contributed by atoms with Gasteiger partial charge in [-0.25, -0.2) is 14.3 Å². The van der Waals surface area contributed by atoms with Gasteiger partial charge in [0.05, 0.1) is 6.33 Å². The summed E-state index contributed by atoms with van der Waals surface area (Å²) in [6.07, 6.45) is 2.84. The second-order valence-electron chi connectivity index (χ2n) is 5.37. The van der Waals surface area contributed by atoms with E-state index < -0.39 is 29.3 Å². The van der Waals surface area contributed by atoms with Gasteiger partial charge in [0.15, 0.2) is 11.2 Å². The van der Waals surface area contributed by atoms with E-state index in [1.165, 1.54) is 34.8 Å². The summed E-state index contributed by atoms with van der Waals surface area (Å²) >= 11 is 3.18. The molecular weight excluding hydrogens is 396 g/mol. The Labute approximate surface area is 147 Å². The number of imidazole rings is 1. The van der Waals surface area contributed by atoms with Gasteiger partial charge in [0.2, 0.25) is 5.91 Å². The molecule has 3 heterocycles. The molecule has 0 unspecified atom stereocenters.